The van der Waals surface area contributed by atoms with Gasteiger partial charge in [0.15, 0.2) is 0 Å². The maximum atomic E-state index is 12.9. The number of methoxy groups -OCH3 is 1. The molecule has 2 aliphatic heterocycles. The van der Waals surface area contributed by atoms with Crippen LogP contribution in [0, 0.1) is 0 Å². The Morgan fingerprint density at radius 2 is 1.72 bits per heavy atom. The molecule has 2 aliphatic rings. The summed E-state index contributed by atoms with van der Waals surface area (Å²) in [5, 5.41) is 0. The van der Waals surface area contributed by atoms with Crippen molar-refractivity contribution in [2.24, 2.45) is 0 Å². The lowest BCUT2D eigenvalue weighted by Gasteiger charge is -2.31. The summed E-state index contributed by atoms with van der Waals surface area (Å²) in [5.41, 5.74) is 1.22. The maximum Gasteiger partial charge on any atom is 0.244 e. The van der Waals surface area contributed by atoms with Crippen molar-refractivity contribution in [1.82, 2.24) is 14.2 Å². The first-order chi connectivity index (χ1) is 14.0. The van der Waals surface area contributed by atoms with Crippen molar-refractivity contribution in [2.75, 3.05) is 51.8 Å². The van der Waals surface area contributed by atoms with E-state index in [0.717, 1.165) is 44.0 Å². The number of pyridine rings is 1. The third-order valence-electron chi connectivity index (χ3n) is 5.87. The molecular formula is C21H28N4O3S. The smallest absolute Gasteiger partial charge is 0.244 e. The molecule has 29 heavy (non-hydrogen) atoms. The number of nitrogens with zero attached hydrogens (tertiary/aromatic N) is 4. The molecule has 2 fully saturated rings. The van der Waals surface area contributed by atoms with Crippen molar-refractivity contribution in [3.05, 3.63) is 48.2 Å². The van der Waals surface area contributed by atoms with Crippen LogP contribution in [0.3, 0.4) is 0 Å². The third-order valence-corrected chi connectivity index (χ3v) is 7.75. The Labute approximate surface area is 172 Å². The molecule has 0 saturated carbocycles. The van der Waals surface area contributed by atoms with Gasteiger partial charge in [0, 0.05) is 38.9 Å². The summed E-state index contributed by atoms with van der Waals surface area (Å²) in [6.07, 6.45) is 3.64. The first-order valence-electron chi connectivity index (χ1n) is 10.0. The predicted molar refractivity (Wildman–Crippen MR) is 113 cm³/mol. The number of likely N-dealkylation sites (N-methyl/N-ethyl adjacent to an activating group) is 1. The highest BCUT2D eigenvalue weighted by Gasteiger charge is 2.30. The molecule has 3 heterocycles. The highest BCUT2D eigenvalue weighted by Crippen LogP contribution is 2.36. The number of sulfonamides is 1. The zero-order valence-electron chi connectivity index (χ0n) is 17.0. The van der Waals surface area contributed by atoms with E-state index in [4.69, 9.17) is 4.74 Å². The van der Waals surface area contributed by atoms with Crippen LogP contribution in [0.1, 0.15) is 24.4 Å². The summed E-state index contributed by atoms with van der Waals surface area (Å²) in [4.78, 5) is 9.20. The highest BCUT2D eigenvalue weighted by atomic mass is 32.2. The summed E-state index contributed by atoms with van der Waals surface area (Å²) in [6.45, 7) is 3.46. The van der Waals surface area contributed by atoms with E-state index in [-0.39, 0.29) is 10.9 Å². The first-order valence-corrected chi connectivity index (χ1v) is 11.5. The Morgan fingerprint density at radius 3 is 2.34 bits per heavy atom. The molecule has 0 amide bonds. The number of benzene rings is 1. The van der Waals surface area contributed by atoms with E-state index in [1.165, 1.54) is 11.8 Å². The molecule has 7 nitrogen and oxygen atoms in total. The second kappa shape index (κ2) is 8.30. The predicted octanol–water partition coefficient (Wildman–Crippen LogP) is 2.37. The van der Waals surface area contributed by atoms with Crippen molar-refractivity contribution in [3.63, 3.8) is 0 Å². The van der Waals surface area contributed by atoms with Gasteiger partial charge in [-0.15, -0.1) is 0 Å². The normalized spacial score (nSPS) is 21.4. The molecule has 1 unspecified atom stereocenters. The molecule has 0 radical (unpaired) electrons. The average molecular weight is 417 g/mol. The number of hydrogen-bond donors (Lipinski definition) is 0. The van der Waals surface area contributed by atoms with Gasteiger partial charge >= 0.3 is 0 Å². The number of ether oxygens (including phenoxy) is 1. The lowest BCUT2D eigenvalue weighted by Crippen LogP contribution is -2.47. The highest BCUT2D eigenvalue weighted by molar-refractivity contribution is 7.89. The maximum absolute atomic E-state index is 12.9. The molecule has 2 aromatic rings. The summed E-state index contributed by atoms with van der Waals surface area (Å²) in [7, 11) is 0.187. The van der Waals surface area contributed by atoms with E-state index in [0.29, 0.717) is 13.1 Å². The zero-order valence-corrected chi connectivity index (χ0v) is 17.8. The number of piperazine rings is 1. The van der Waals surface area contributed by atoms with Crippen molar-refractivity contribution in [2.45, 2.75) is 23.8 Å². The van der Waals surface area contributed by atoms with Gasteiger partial charge in [0.1, 0.15) is 16.5 Å². The molecule has 0 bridgehead atoms. The summed E-state index contributed by atoms with van der Waals surface area (Å²) >= 11 is 0. The van der Waals surface area contributed by atoms with Crippen LogP contribution in [0.2, 0.25) is 0 Å². The van der Waals surface area contributed by atoms with Gasteiger partial charge in [-0.3, -0.25) is 0 Å². The topological polar surface area (TPSA) is 66.0 Å². The second-order valence-electron chi connectivity index (χ2n) is 7.68. The minimum atomic E-state index is -3.49. The van der Waals surface area contributed by atoms with E-state index < -0.39 is 10.0 Å². The van der Waals surface area contributed by atoms with Crippen LogP contribution < -0.4 is 9.64 Å². The van der Waals surface area contributed by atoms with Gasteiger partial charge in [-0.2, -0.15) is 4.31 Å². The molecule has 1 aromatic carbocycles. The SMILES string of the molecule is COc1ccc(C2CCCN2c2ccc(S(=O)(=O)N3CCN(C)CC3)cn2)cc1. The quantitative estimate of drug-likeness (QED) is 0.746. The fourth-order valence-electron chi connectivity index (χ4n) is 4.09. The molecule has 0 N–H and O–H groups in total. The number of rotatable bonds is 5. The standard InChI is InChI=1S/C21H28N4O3S/c1-23-12-14-24(15-13-23)29(26,27)19-9-10-21(22-16-19)25-11-3-4-20(25)17-5-7-18(28-2)8-6-17/h5-10,16,20H,3-4,11-15H2,1-2H3. The molecule has 4 rings (SSSR count). The Bertz CT molecular complexity index is 923. The fourth-order valence-corrected chi connectivity index (χ4v) is 5.45. The van der Waals surface area contributed by atoms with Crippen LogP contribution >= 0.6 is 0 Å². The van der Waals surface area contributed by atoms with Crippen LogP contribution in [0.25, 0.3) is 0 Å². The van der Waals surface area contributed by atoms with Crippen molar-refractivity contribution < 1.29 is 13.2 Å². The van der Waals surface area contributed by atoms with Crippen molar-refractivity contribution in [1.29, 1.82) is 0 Å². The number of aromatic nitrogens is 1. The molecule has 0 aliphatic carbocycles. The van der Waals surface area contributed by atoms with Crippen molar-refractivity contribution >= 4 is 15.8 Å². The summed E-state index contributed by atoms with van der Waals surface area (Å²) in [6, 6.07) is 11.9. The van der Waals surface area contributed by atoms with Gasteiger partial charge in [-0.1, -0.05) is 12.1 Å². The van der Waals surface area contributed by atoms with E-state index in [9.17, 15) is 8.42 Å². The van der Waals surface area contributed by atoms with Crippen LogP contribution in [0.5, 0.6) is 5.75 Å². The van der Waals surface area contributed by atoms with Crippen LogP contribution in [0.4, 0.5) is 5.82 Å². The second-order valence-corrected chi connectivity index (χ2v) is 9.62. The van der Waals surface area contributed by atoms with Crippen LogP contribution in [-0.2, 0) is 10.0 Å². The lowest BCUT2D eigenvalue weighted by molar-refractivity contribution is 0.222. The van der Waals surface area contributed by atoms with Gasteiger partial charge < -0.3 is 14.5 Å². The van der Waals surface area contributed by atoms with E-state index in [2.05, 4.69) is 26.9 Å². The van der Waals surface area contributed by atoms with Crippen LogP contribution in [0.15, 0.2) is 47.5 Å². The molecule has 1 atom stereocenters. The summed E-state index contributed by atoms with van der Waals surface area (Å²) < 4.78 is 32.6. The van der Waals surface area contributed by atoms with E-state index in [1.54, 1.807) is 17.5 Å². The van der Waals surface area contributed by atoms with Gasteiger partial charge in [0.2, 0.25) is 10.0 Å². The largest absolute Gasteiger partial charge is 0.497 e. The van der Waals surface area contributed by atoms with Gasteiger partial charge in [-0.25, -0.2) is 13.4 Å². The molecule has 1 aromatic heterocycles. The fraction of sp³-hybridized carbons (Fsp3) is 0.476. The number of hydrogen-bond acceptors (Lipinski definition) is 6. The molecular weight excluding hydrogens is 388 g/mol. The lowest BCUT2D eigenvalue weighted by atomic mass is 10.0. The Balaban J connectivity index is 1.52. The Morgan fingerprint density at radius 1 is 1.00 bits per heavy atom. The Hall–Kier alpha value is -2.16. The first kappa shape index (κ1) is 20.1. The van der Waals surface area contributed by atoms with Crippen molar-refractivity contribution in [3.8, 4) is 5.75 Å². The van der Waals surface area contributed by atoms with Gasteiger partial charge in [0.05, 0.1) is 13.2 Å². The molecule has 8 heteroatoms. The Kier molecular flexibility index (Phi) is 5.76. The van der Waals surface area contributed by atoms with Crippen LogP contribution in [-0.4, -0.2) is 69.5 Å². The minimum absolute atomic E-state index is 0.244. The number of anilines is 1. The average Bonchev–Trinajstić information content (AvgIpc) is 3.24. The zero-order chi connectivity index (χ0) is 20.4. The monoisotopic (exact) mass is 416 g/mol. The molecule has 0 spiro atoms. The third kappa shape index (κ3) is 4.10. The van der Waals surface area contributed by atoms with E-state index in [1.807, 2.05) is 25.2 Å². The van der Waals surface area contributed by atoms with Gasteiger partial charge in [-0.05, 0) is 49.7 Å². The molecule has 156 valence electrons. The van der Waals surface area contributed by atoms with E-state index >= 15 is 0 Å². The van der Waals surface area contributed by atoms with Gasteiger partial charge in [0.25, 0.3) is 0 Å². The molecule has 2 saturated heterocycles. The minimum Gasteiger partial charge on any atom is -0.497 e. The summed E-state index contributed by atoms with van der Waals surface area (Å²) in [5.74, 6) is 1.66.